The molecule has 1 aromatic rings. The summed E-state index contributed by atoms with van der Waals surface area (Å²) in [7, 11) is 0. The van der Waals surface area contributed by atoms with Gasteiger partial charge >= 0.3 is 0 Å². The number of nitrogens with zero attached hydrogens (tertiary/aromatic N) is 3. The van der Waals surface area contributed by atoms with Gasteiger partial charge in [-0.25, -0.2) is 0 Å². The maximum atomic E-state index is 13.5. The van der Waals surface area contributed by atoms with Crippen molar-refractivity contribution in [1.29, 1.82) is 0 Å². The highest BCUT2D eigenvalue weighted by Gasteiger charge is 2.55. The molecule has 5 aliphatic rings. The summed E-state index contributed by atoms with van der Waals surface area (Å²) in [5.41, 5.74) is -0.0531. The van der Waals surface area contributed by atoms with Gasteiger partial charge in [0.15, 0.2) is 0 Å². The van der Waals surface area contributed by atoms with Crippen molar-refractivity contribution in [2.45, 2.75) is 43.4 Å². The average Bonchev–Trinajstić information content (AvgIpc) is 2.76. The van der Waals surface area contributed by atoms with E-state index in [1.54, 1.807) is 12.1 Å². The summed E-state index contributed by atoms with van der Waals surface area (Å²) in [6.45, 7) is 2.46. The maximum Gasteiger partial charge on any atom is 0.269 e. The van der Waals surface area contributed by atoms with Gasteiger partial charge in [0.05, 0.1) is 16.1 Å². The lowest BCUT2D eigenvalue weighted by molar-refractivity contribution is -0.384. The molecule has 4 saturated carbocycles. The first-order valence-corrected chi connectivity index (χ1v) is 12.3. The Balaban J connectivity index is 1.12. The molecular formula is C23H29N3O4S. The van der Waals surface area contributed by atoms with Gasteiger partial charge in [0.1, 0.15) is 0 Å². The highest BCUT2D eigenvalue weighted by molar-refractivity contribution is 8.00. The summed E-state index contributed by atoms with van der Waals surface area (Å²) in [6, 6.07) is 6.28. The number of thioether (sulfide) groups is 1. The number of hydrogen-bond acceptors (Lipinski definition) is 5. The van der Waals surface area contributed by atoms with Gasteiger partial charge in [-0.3, -0.25) is 19.7 Å². The fourth-order valence-corrected chi connectivity index (χ4v) is 7.57. The molecule has 6 rings (SSSR count). The molecule has 166 valence electrons. The predicted octanol–water partition coefficient (Wildman–Crippen LogP) is 3.57. The van der Waals surface area contributed by atoms with Gasteiger partial charge in [-0.05, 0) is 68.4 Å². The first-order chi connectivity index (χ1) is 14.9. The number of benzene rings is 1. The smallest absolute Gasteiger partial charge is 0.269 e. The molecule has 0 atom stereocenters. The Bertz CT molecular complexity index is 844. The van der Waals surface area contributed by atoms with E-state index >= 15 is 0 Å². The van der Waals surface area contributed by atoms with Gasteiger partial charge in [0, 0.05) is 43.2 Å². The number of nitro benzene ring substituents is 1. The van der Waals surface area contributed by atoms with Crippen LogP contribution in [0.1, 0.15) is 38.5 Å². The lowest BCUT2D eigenvalue weighted by Crippen LogP contribution is -2.58. The van der Waals surface area contributed by atoms with Gasteiger partial charge in [0.2, 0.25) is 11.8 Å². The standard InChI is InChI=1S/C23H29N3O4S/c27-21(15-31-20-3-1-19(2-4-20)26(29)30)24-5-7-25(8-6-24)22(28)23-12-16-9-17(13-23)11-18(10-16)14-23/h1-4,16-18H,5-15H2. The lowest BCUT2D eigenvalue weighted by Gasteiger charge is -2.57. The first-order valence-electron chi connectivity index (χ1n) is 11.4. The molecule has 0 N–H and O–H groups in total. The molecule has 0 unspecified atom stereocenters. The lowest BCUT2D eigenvalue weighted by atomic mass is 9.49. The summed E-state index contributed by atoms with van der Waals surface area (Å²) in [5, 5.41) is 10.7. The van der Waals surface area contributed by atoms with Crippen LogP contribution < -0.4 is 0 Å². The van der Waals surface area contributed by atoms with Crippen LogP contribution in [0.5, 0.6) is 0 Å². The molecule has 2 amide bonds. The van der Waals surface area contributed by atoms with Crippen molar-refractivity contribution in [1.82, 2.24) is 9.80 Å². The van der Waals surface area contributed by atoms with Crippen molar-refractivity contribution in [2.75, 3.05) is 31.9 Å². The zero-order chi connectivity index (χ0) is 21.6. The van der Waals surface area contributed by atoms with Crippen molar-refractivity contribution in [3.8, 4) is 0 Å². The summed E-state index contributed by atoms with van der Waals surface area (Å²) >= 11 is 1.39. The normalized spacial score (nSPS) is 31.7. The molecule has 4 bridgehead atoms. The third-order valence-electron chi connectivity index (χ3n) is 7.82. The highest BCUT2D eigenvalue weighted by atomic mass is 32.2. The van der Waals surface area contributed by atoms with Gasteiger partial charge in [-0.2, -0.15) is 0 Å². The van der Waals surface area contributed by atoms with Gasteiger partial charge in [-0.1, -0.05) is 0 Å². The number of rotatable bonds is 5. The second-order valence-electron chi connectivity index (χ2n) is 9.91. The van der Waals surface area contributed by atoms with Crippen molar-refractivity contribution < 1.29 is 14.5 Å². The maximum absolute atomic E-state index is 13.5. The van der Waals surface area contributed by atoms with E-state index in [0.29, 0.717) is 37.8 Å². The molecule has 1 aliphatic heterocycles. The Hall–Kier alpha value is -2.09. The molecule has 1 aromatic carbocycles. The summed E-state index contributed by atoms with van der Waals surface area (Å²) in [5.74, 6) is 3.00. The second kappa shape index (κ2) is 8.11. The number of carbonyl (C=O) groups is 2. The topological polar surface area (TPSA) is 83.8 Å². The van der Waals surface area contributed by atoms with Crippen LogP contribution in [-0.4, -0.2) is 58.5 Å². The van der Waals surface area contributed by atoms with Gasteiger partial charge in [0.25, 0.3) is 5.69 Å². The Kier molecular flexibility index (Phi) is 5.44. The van der Waals surface area contributed by atoms with Crippen LogP contribution in [0, 0.1) is 33.3 Å². The minimum absolute atomic E-state index is 0.0514. The van der Waals surface area contributed by atoms with E-state index in [1.807, 2.05) is 9.80 Å². The molecule has 0 spiro atoms. The van der Waals surface area contributed by atoms with Crippen LogP contribution in [0.3, 0.4) is 0 Å². The van der Waals surface area contributed by atoms with E-state index in [1.165, 1.54) is 43.2 Å². The van der Waals surface area contributed by atoms with Crippen LogP contribution in [0.2, 0.25) is 0 Å². The third-order valence-corrected chi connectivity index (χ3v) is 8.82. The zero-order valence-electron chi connectivity index (χ0n) is 17.7. The minimum atomic E-state index is -0.427. The van der Waals surface area contributed by atoms with Crippen molar-refractivity contribution in [3.63, 3.8) is 0 Å². The number of nitro groups is 1. The van der Waals surface area contributed by atoms with E-state index in [2.05, 4.69) is 0 Å². The second-order valence-corrected chi connectivity index (χ2v) is 11.0. The van der Waals surface area contributed by atoms with E-state index in [0.717, 1.165) is 41.9 Å². The molecular weight excluding hydrogens is 414 g/mol. The minimum Gasteiger partial charge on any atom is -0.339 e. The van der Waals surface area contributed by atoms with E-state index < -0.39 is 4.92 Å². The Morgan fingerprint density at radius 2 is 1.45 bits per heavy atom. The molecule has 8 heteroatoms. The SMILES string of the molecule is O=C(CSc1ccc([N+](=O)[O-])cc1)N1CCN(C(=O)C23CC4CC(CC(C4)C2)C3)CC1. The molecule has 7 nitrogen and oxygen atoms in total. The Morgan fingerprint density at radius 1 is 0.935 bits per heavy atom. The van der Waals surface area contributed by atoms with Crippen molar-refractivity contribution in [3.05, 3.63) is 34.4 Å². The first kappa shape index (κ1) is 20.8. The Morgan fingerprint density at radius 3 is 1.97 bits per heavy atom. The summed E-state index contributed by atoms with van der Waals surface area (Å²) in [6.07, 6.45) is 7.26. The molecule has 1 heterocycles. The van der Waals surface area contributed by atoms with E-state index in [-0.39, 0.29) is 17.0 Å². The van der Waals surface area contributed by atoms with Crippen LogP contribution >= 0.6 is 11.8 Å². The third kappa shape index (κ3) is 4.06. The van der Waals surface area contributed by atoms with E-state index in [4.69, 9.17) is 0 Å². The monoisotopic (exact) mass is 443 g/mol. The fraction of sp³-hybridized carbons (Fsp3) is 0.652. The predicted molar refractivity (Wildman–Crippen MR) is 118 cm³/mol. The van der Waals surface area contributed by atoms with E-state index in [9.17, 15) is 19.7 Å². The largest absolute Gasteiger partial charge is 0.339 e. The highest BCUT2D eigenvalue weighted by Crippen LogP contribution is 2.60. The molecule has 1 saturated heterocycles. The fourth-order valence-electron chi connectivity index (χ4n) is 6.77. The van der Waals surface area contributed by atoms with Gasteiger partial charge < -0.3 is 9.80 Å². The van der Waals surface area contributed by atoms with Crippen LogP contribution in [0.25, 0.3) is 0 Å². The molecule has 5 fully saturated rings. The quantitative estimate of drug-likeness (QED) is 0.395. The Labute approximate surface area is 186 Å². The van der Waals surface area contributed by atoms with Crippen LogP contribution in [-0.2, 0) is 9.59 Å². The molecule has 0 radical (unpaired) electrons. The summed E-state index contributed by atoms with van der Waals surface area (Å²) < 4.78 is 0. The summed E-state index contributed by atoms with van der Waals surface area (Å²) in [4.78, 5) is 41.2. The van der Waals surface area contributed by atoms with Crippen LogP contribution in [0.15, 0.2) is 29.2 Å². The average molecular weight is 444 g/mol. The van der Waals surface area contributed by atoms with Gasteiger partial charge in [-0.15, -0.1) is 11.8 Å². The zero-order valence-corrected chi connectivity index (χ0v) is 18.5. The number of non-ortho nitro benzene ring substituents is 1. The molecule has 31 heavy (non-hydrogen) atoms. The number of hydrogen-bond donors (Lipinski definition) is 0. The molecule has 0 aromatic heterocycles. The van der Waals surface area contributed by atoms with Crippen molar-refractivity contribution >= 4 is 29.3 Å². The molecule has 4 aliphatic carbocycles. The number of piperazine rings is 1. The number of amides is 2. The van der Waals surface area contributed by atoms with Crippen molar-refractivity contribution in [2.24, 2.45) is 23.2 Å². The van der Waals surface area contributed by atoms with Crippen LogP contribution in [0.4, 0.5) is 5.69 Å². The number of carbonyl (C=O) groups excluding carboxylic acids is 2.